The number of rotatable bonds is 3. The number of hydrogen-bond acceptors (Lipinski definition) is 4. The Morgan fingerprint density at radius 3 is 2.89 bits per heavy atom. The van der Waals surface area contributed by atoms with Gasteiger partial charge in [-0.3, -0.25) is 0 Å². The molecule has 1 aliphatic heterocycles. The Labute approximate surface area is 104 Å². The highest BCUT2D eigenvalue weighted by Crippen LogP contribution is 2.33. The fraction of sp³-hybridized carbons (Fsp3) is 0.417. The monoisotopic (exact) mass is 254 g/mol. The highest BCUT2D eigenvalue weighted by molar-refractivity contribution is 6.00. The normalized spacial score (nSPS) is 19.2. The van der Waals surface area contributed by atoms with Crippen LogP contribution >= 0.6 is 0 Å². The van der Waals surface area contributed by atoms with Gasteiger partial charge in [-0.25, -0.2) is 9.18 Å². The molecule has 1 aliphatic rings. The summed E-state index contributed by atoms with van der Waals surface area (Å²) >= 11 is 0. The van der Waals surface area contributed by atoms with Crippen molar-refractivity contribution in [3.05, 3.63) is 23.5 Å². The summed E-state index contributed by atoms with van der Waals surface area (Å²) in [4.78, 5) is 13.0. The maximum Gasteiger partial charge on any atom is 0.340 e. The number of nitrogen functional groups attached to an aromatic ring is 1. The average molecular weight is 254 g/mol. The van der Waals surface area contributed by atoms with Crippen LogP contribution in [0.1, 0.15) is 23.2 Å². The summed E-state index contributed by atoms with van der Waals surface area (Å²) in [7, 11) is 0. The second-order valence-corrected chi connectivity index (χ2v) is 4.33. The summed E-state index contributed by atoms with van der Waals surface area (Å²) in [6.45, 7) is 0.576. The van der Waals surface area contributed by atoms with E-state index in [1.54, 1.807) is 4.90 Å². The van der Waals surface area contributed by atoms with Crippen LogP contribution in [0.2, 0.25) is 0 Å². The lowest BCUT2D eigenvalue weighted by molar-refractivity contribution is 0.0698. The molecule has 1 atom stereocenters. The predicted octanol–water partition coefficient (Wildman–Crippen LogP) is 1.07. The van der Waals surface area contributed by atoms with Gasteiger partial charge in [-0.05, 0) is 25.0 Å². The minimum Gasteiger partial charge on any atom is -0.478 e. The Morgan fingerprint density at radius 2 is 2.28 bits per heavy atom. The molecule has 4 N–H and O–H groups in total. The van der Waals surface area contributed by atoms with Gasteiger partial charge in [-0.15, -0.1) is 0 Å². The molecule has 1 unspecified atom stereocenters. The molecular weight excluding hydrogens is 239 g/mol. The van der Waals surface area contributed by atoms with Crippen molar-refractivity contribution in [3.63, 3.8) is 0 Å². The van der Waals surface area contributed by atoms with E-state index in [9.17, 15) is 14.3 Å². The molecule has 0 bridgehead atoms. The molecule has 0 radical (unpaired) electrons. The van der Waals surface area contributed by atoms with E-state index in [2.05, 4.69) is 0 Å². The van der Waals surface area contributed by atoms with Crippen LogP contribution in [0.15, 0.2) is 12.1 Å². The van der Waals surface area contributed by atoms with Gasteiger partial charge in [0.25, 0.3) is 0 Å². The molecule has 1 fully saturated rings. The van der Waals surface area contributed by atoms with Crippen LogP contribution in [0.4, 0.5) is 15.8 Å². The third-order valence-electron chi connectivity index (χ3n) is 3.28. The third kappa shape index (κ3) is 1.99. The largest absolute Gasteiger partial charge is 0.478 e. The van der Waals surface area contributed by atoms with Crippen LogP contribution in [-0.4, -0.2) is 35.4 Å². The van der Waals surface area contributed by atoms with Crippen molar-refractivity contribution < 1.29 is 19.4 Å². The standard InChI is InChI=1S/C12H15FN2O3/c13-8-3-4-9(10(11(8)14)12(17)18)15-5-1-2-7(15)6-16/h3-4,7,16H,1-2,5-6,14H2,(H,17,18). The van der Waals surface area contributed by atoms with Crippen molar-refractivity contribution in [1.29, 1.82) is 0 Å². The van der Waals surface area contributed by atoms with E-state index in [1.807, 2.05) is 0 Å². The van der Waals surface area contributed by atoms with Gasteiger partial charge in [0.15, 0.2) is 0 Å². The highest BCUT2D eigenvalue weighted by Gasteiger charge is 2.29. The number of anilines is 2. The Bertz CT molecular complexity index is 479. The molecule has 0 amide bonds. The third-order valence-corrected chi connectivity index (χ3v) is 3.28. The molecule has 98 valence electrons. The maximum atomic E-state index is 13.3. The van der Waals surface area contributed by atoms with Gasteiger partial charge >= 0.3 is 5.97 Å². The lowest BCUT2D eigenvalue weighted by Gasteiger charge is -2.27. The topological polar surface area (TPSA) is 86.8 Å². The SMILES string of the molecule is Nc1c(F)ccc(N2CCCC2CO)c1C(=O)O. The number of carboxylic acid groups (broad SMARTS) is 1. The zero-order valence-corrected chi connectivity index (χ0v) is 9.77. The van der Waals surface area contributed by atoms with Crippen LogP contribution < -0.4 is 10.6 Å². The number of aliphatic hydroxyl groups is 1. The fourth-order valence-electron chi connectivity index (χ4n) is 2.39. The number of halogens is 1. The Balaban J connectivity index is 2.50. The summed E-state index contributed by atoms with van der Waals surface area (Å²) < 4.78 is 13.3. The van der Waals surface area contributed by atoms with Gasteiger partial charge in [0, 0.05) is 6.54 Å². The first-order chi connectivity index (χ1) is 8.56. The van der Waals surface area contributed by atoms with Crippen LogP contribution in [0.25, 0.3) is 0 Å². The summed E-state index contributed by atoms with van der Waals surface area (Å²) in [5.41, 5.74) is 5.28. The number of nitrogens with zero attached hydrogens (tertiary/aromatic N) is 1. The van der Waals surface area contributed by atoms with E-state index in [1.165, 1.54) is 6.07 Å². The van der Waals surface area contributed by atoms with Crippen LogP contribution in [0, 0.1) is 5.82 Å². The quantitative estimate of drug-likeness (QED) is 0.702. The molecule has 5 nitrogen and oxygen atoms in total. The second kappa shape index (κ2) is 4.81. The highest BCUT2D eigenvalue weighted by atomic mass is 19.1. The molecule has 0 saturated carbocycles. The molecular formula is C12H15FN2O3. The van der Waals surface area contributed by atoms with Crippen molar-refractivity contribution in [2.75, 3.05) is 23.8 Å². The molecule has 0 spiro atoms. The summed E-state index contributed by atoms with van der Waals surface area (Å²) in [5, 5.41) is 18.4. The Morgan fingerprint density at radius 1 is 1.56 bits per heavy atom. The van der Waals surface area contributed by atoms with Gasteiger partial charge in [0.2, 0.25) is 0 Å². The number of benzene rings is 1. The van der Waals surface area contributed by atoms with Gasteiger partial charge < -0.3 is 20.8 Å². The van der Waals surface area contributed by atoms with Crippen molar-refractivity contribution >= 4 is 17.3 Å². The van der Waals surface area contributed by atoms with E-state index >= 15 is 0 Å². The number of aromatic carboxylic acids is 1. The first-order valence-corrected chi connectivity index (χ1v) is 5.75. The van der Waals surface area contributed by atoms with Gasteiger partial charge in [-0.1, -0.05) is 0 Å². The molecule has 0 aromatic heterocycles. The van der Waals surface area contributed by atoms with Crippen molar-refractivity contribution in [1.82, 2.24) is 0 Å². The van der Waals surface area contributed by atoms with Crippen LogP contribution in [0.3, 0.4) is 0 Å². The van der Waals surface area contributed by atoms with E-state index < -0.39 is 11.8 Å². The summed E-state index contributed by atoms with van der Waals surface area (Å²) in [6, 6.07) is 2.43. The summed E-state index contributed by atoms with van der Waals surface area (Å²) in [5.74, 6) is -2.00. The minimum absolute atomic E-state index is 0.0592. The molecule has 18 heavy (non-hydrogen) atoms. The number of nitrogens with two attached hydrogens (primary N) is 1. The molecule has 1 saturated heterocycles. The summed E-state index contributed by atoms with van der Waals surface area (Å²) in [6.07, 6.45) is 1.65. The Hall–Kier alpha value is -1.82. The number of aliphatic hydroxyl groups excluding tert-OH is 1. The average Bonchev–Trinajstić information content (AvgIpc) is 2.79. The van der Waals surface area contributed by atoms with Crippen molar-refractivity contribution in [3.8, 4) is 0 Å². The second-order valence-electron chi connectivity index (χ2n) is 4.33. The first-order valence-electron chi connectivity index (χ1n) is 5.75. The van der Waals surface area contributed by atoms with E-state index in [-0.39, 0.29) is 23.9 Å². The zero-order valence-electron chi connectivity index (χ0n) is 9.77. The zero-order chi connectivity index (χ0) is 13.3. The molecule has 1 heterocycles. The number of carbonyl (C=O) groups is 1. The van der Waals surface area contributed by atoms with Gasteiger partial charge in [0.05, 0.1) is 24.0 Å². The van der Waals surface area contributed by atoms with E-state index in [4.69, 9.17) is 10.8 Å². The molecule has 1 aromatic carbocycles. The first kappa shape index (κ1) is 12.6. The minimum atomic E-state index is -1.26. The molecule has 6 heteroatoms. The lowest BCUT2D eigenvalue weighted by atomic mass is 10.1. The van der Waals surface area contributed by atoms with Gasteiger partial charge in [0.1, 0.15) is 11.4 Å². The van der Waals surface area contributed by atoms with Crippen LogP contribution in [-0.2, 0) is 0 Å². The number of carboxylic acids is 1. The molecule has 2 rings (SSSR count). The lowest BCUT2D eigenvalue weighted by Crippen LogP contribution is -2.33. The van der Waals surface area contributed by atoms with Crippen molar-refractivity contribution in [2.24, 2.45) is 0 Å². The van der Waals surface area contributed by atoms with Crippen molar-refractivity contribution in [2.45, 2.75) is 18.9 Å². The smallest absolute Gasteiger partial charge is 0.340 e. The van der Waals surface area contributed by atoms with E-state index in [0.29, 0.717) is 12.2 Å². The number of hydrogen-bond donors (Lipinski definition) is 3. The molecule has 1 aromatic rings. The predicted molar refractivity (Wildman–Crippen MR) is 65.2 cm³/mol. The van der Waals surface area contributed by atoms with E-state index in [0.717, 1.165) is 18.9 Å². The van der Waals surface area contributed by atoms with Gasteiger partial charge in [-0.2, -0.15) is 0 Å². The molecule has 0 aliphatic carbocycles. The maximum absolute atomic E-state index is 13.3. The van der Waals surface area contributed by atoms with Crippen LogP contribution in [0.5, 0.6) is 0 Å². The fourth-order valence-corrected chi connectivity index (χ4v) is 2.39. The Kier molecular flexibility index (Phi) is 3.38.